The van der Waals surface area contributed by atoms with E-state index in [4.69, 9.17) is 0 Å². The molecule has 4 aliphatic rings. The van der Waals surface area contributed by atoms with Crippen LogP contribution in [0.1, 0.15) is 90.7 Å². The highest BCUT2D eigenvalue weighted by molar-refractivity contribution is 5.98. The number of quaternary nitrogens is 1. The molecule has 5 rings (SSSR count). The molecule has 0 aromatic heterocycles. The van der Waals surface area contributed by atoms with Gasteiger partial charge < -0.3 is 27.9 Å². The quantitative estimate of drug-likeness (QED) is 0.474. The third-order valence-corrected chi connectivity index (χ3v) is 10.8. The summed E-state index contributed by atoms with van der Waals surface area (Å²) in [4.78, 5) is 13.6. The molecule has 4 aliphatic carbocycles. The SMILES string of the molecule is CC1=C(C(=O)CC[NH2+]C(C)C(O)c2ccccc2)C2(C)CCC3C(CC=C4CC(O)CCC43C)C2C1.[Cl-]. The van der Waals surface area contributed by atoms with Gasteiger partial charge >= 0.3 is 0 Å². The van der Waals surface area contributed by atoms with Gasteiger partial charge in [0.05, 0.1) is 19.1 Å². The fourth-order valence-electron chi connectivity index (χ4n) is 8.81. The molecule has 0 amide bonds. The second-order valence-electron chi connectivity index (χ2n) is 12.9. The number of carbonyl (C=O) groups is 1. The van der Waals surface area contributed by atoms with Crippen LogP contribution >= 0.6 is 0 Å². The van der Waals surface area contributed by atoms with Crippen molar-refractivity contribution in [3.05, 3.63) is 58.7 Å². The van der Waals surface area contributed by atoms with Gasteiger partial charge in [0, 0.05) is 5.57 Å². The molecule has 1 aromatic rings. The molecule has 4 N–H and O–H groups in total. The van der Waals surface area contributed by atoms with Crippen LogP contribution in [0.5, 0.6) is 0 Å². The van der Waals surface area contributed by atoms with Crippen molar-refractivity contribution in [3.8, 4) is 0 Å². The number of nitrogens with two attached hydrogens (primary N) is 1. The number of Topliss-reactive ketones (excluding diaryl/α,β-unsaturated/α-hetero) is 1. The zero-order valence-corrected chi connectivity index (χ0v) is 23.8. The third kappa shape index (κ3) is 5.00. The van der Waals surface area contributed by atoms with Crippen LogP contribution < -0.4 is 17.7 Å². The van der Waals surface area contributed by atoms with E-state index < -0.39 is 6.10 Å². The number of fused-ring (bicyclic) bond motifs is 5. The van der Waals surface area contributed by atoms with Crippen LogP contribution in [0.25, 0.3) is 0 Å². The number of aliphatic hydroxyl groups is 2. The van der Waals surface area contributed by atoms with Crippen molar-refractivity contribution >= 4 is 5.78 Å². The average molecular weight is 528 g/mol. The number of rotatable bonds is 7. The molecule has 0 bridgehead atoms. The normalized spacial score (nSPS) is 36.4. The van der Waals surface area contributed by atoms with Gasteiger partial charge in [-0.1, -0.05) is 61.4 Å². The van der Waals surface area contributed by atoms with Crippen LogP contribution in [-0.4, -0.2) is 34.7 Å². The largest absolute Gasteiger partial charge is 1.00 e. The Bertz CT molecular complexity index is 1050. The molecule has 2 saturated carbocycles. The molecule has 0 spiro atoms. The van der Waals surface area contributed by atoms with Crippen LogP contribution in [0.15, 0.2) is 53.1 Å². The molecule has 5 heteroatoms. The van der Waals surface area contributed by atoms with E-state index in [1.807, 2.05) is 37.3 Å². The summed E-state index contributed by atoms with van der Waals surface area (Å²) in [5.41, 5.74) is 5.12. The second kappa shape index (κ2) is 11.0. The van der Waals surface area contributed by atoms with Crippen molar-refractivity contribution in [1.82, 2.24) is 0 Å². The summed E-state index contributed by atoms with van der Waals surface area (Å²) in [5, 5.41) is 23.1. The van der Waals surface area contributed by atoms with Gasteiger partial charge in [-0.25, -0.2) is 0 Å². The first-order valence-electron chi connectivity index (χ1n) is 14.3. The highest BCUT2D eigenvalue weighted by Gasteiger charge is 2.58. The number of benzene rings is 1. The smallest absolute Gasteiger partial charge is 0.164 e. The first-order valence-corrected chi connectivity index (χ1v) is 14.3. The summed E-state index contributed by atoms with van der Waals surface area (Å²) in [6.07, 6.45) is 9.67. The van der Waals surface area contributed by atoms with Gasteiger partial charge in [0.25, 0.3) is 0 Å². The molecule has 2 fully saturated rings. The van der Waals surface area contributed by atoms with E-state index in [2.05, 4.69) is 32.2 Å². The molecular weight excluding hydrogens is 482 g/mol. The molecule has 1 aromatic carbocycles. The Hall–Kier alpha value is -1.46. The van der Waals surface area contributed by atoms with Crippen LogP contribution in [-0.2, 0) is 4.79 Å². The minimum atomic E-state index is -0.530. The van der Waals surface area contributed by atoms with Crippen molar-refractivity contribution in [2.24, 2.45) is 28.6 Å². The third-order valence-electron chi connectivity index (χ3n) is 10.8. The Morgan fingerprint density at radius 3 is 2.51 bits per heavy atom. The zero-order chi connectivity index (χ0) is 25.7. The van der Waals surface area contributed by atoms with E-state index >= 15 is 0 Å². The maximum atomic E-state index is 13.6. The number of hydrogen-bond acceptors (Lipinski definition) is 3. The zero-order valence-electron chi connectivity index (χ0n) is 23.1. The summed E-state index contributed by atoms with van der Waals surface area (Å²) in [6.45, 7) is 9.80. The van der Waals surface area contributed by atoms with Gasteiger partial charge in [-0.15, -0.1) is 0 Å². The number of carbonyl (C=O) groups excluding carboxylic acids is 1. The van der Waals surface area contributed by atoms with Crippen LogP contribution in [0.4, 0.5) is 0 Å². The maximum Gasteiger partial charge on any atom is 0.164 e. The summed E-state index contributed by atoms with van der Waals surface area (Å²) in [7, 11) is 0. The summed E-state index contributed by atoms with van der Waals surface area (Å²) in [5.74, 6) is 2.20. The van der Waals surface area contributed by atoms with Gasteiger partial charge in [-0.3, -0.25) is 4.79 Å². The standard InChI is InChI=1S/C32H45NO3.ClH/c1-20-18-27-25-11-10-23-19-24(34)12-15-31(23,3)26(25)13-16-32(27,4)29(20)28(35)14-17-33-21(2)30(36)22-8-6-5-7-9-22;/h5-10,21,24-27,30,33-34,36H,11-19H2,1-4H3;1H. The van der Waals surface area contributed by atoms with Gasteiger partial charge in [-0.2, -0.15) is 0 Å². The molecule has 8 atom stereocenters. The van der Waals surface area contributed by atoms with Crippen molar-refractivity contribution < 1.29 is 32.7 Å². The summed E-state index contributed by atoms with van der Waals surface area (Å²) in [6, 6.07) is 9.81. The fraction of sp³-hybridized carbons (Fsp3) is 0.656. The first kappa shape index (κ1) is 28.5. The van der Waals surface area contributed by atoms with E-state index in [1.165, 1.54) is 17.6 Å². The predicted molar refractivity (Wildman–Crippen MR) is 143 cm³/mol. The van der Waals surface area contributed by atoms with Crippen molar-refractivity contribution in [2.75, 3.05) is 6.54 Å². The Morgan fingerprint density at radius 2 is 1.78 bits per heavy atom. The lowest BCUT2D eigenvalue weighted by atomic mass is 9.47. The van der Waals surface area contributed by atoms with Crippen LogP contribution in [0.2, 0.25) is 0 Å². The Balaban J connectivity index is 0.00000320. The Morgan fingerprint density at radius 1 is 1.08 bits per heavy atom. The molecule has 37 heavy (non-hydrogen) atoms. The fourth-order valence-corrected chi connectivity index (χ4v) is 8.81. The van der Waals surface area contributed by atoms with E-state index in [0.29, 0.717) is 36.5 Å². The molecule has 0 radical (unpaired) electrons. The molecule has 0 aliphatic heterocycles. The lowest BCUT2D eigenvalue weighted by Crippen LogP contribution is -3.00. The molecule has 0 heterocycles. The lowest BCUT2D eigenvalue weighted by Gasteiger charge is -2.57. The van der Waals surface area contributed by atoms with Crippen molar-refractivity contribution in [1.29, 1.82) is 0 Å². The van der Waals surface area contributed by atoms with Crippen molar-refractivity contribution in [2.45, 2.75) is 97.3 Å². The lowest BCUT2D eigenvalue weighted by molar-refractivity contribution is -0.693. The van der Waals surface area contributed by atoms with E-state index in [-0.39, 0.29) is 35.4 Å². The topological polar surface area (TPSA) is 74.1 Å². The predicted octanol–water partition coefficient (Wildman–Crippen LogP) is 1.89. The van der Waals surface area contributed by atoms with Crippen LogP contribution in [0.3, 0.4) is 0 Å². The maximum absolute atomic E-state index is 13.6. The first-order chi connectivity index (χ1) is 17.1. The van der Waals surface area contributed by atoms with Gasteiger partial charge in [0.2, 0.25) is 0 Å². The number of halogens is 1. The number of aliphatic hydroxyl groups excluding tert-OH is 2. The minimum absolute atomic E-state index is 0. The minimum Gasteiger partial charge on any atom is -1.00 e. The molecule has 204 valence electrons. The van der Waals surface area contributed by atoms with E-state index in [9.17, 15) is 15.0 Å². The Kier molecular flexibility index (Phi) is 8.46. The van der Waals surface area contributed by atoms with Crippen molar-refractivity contribution in [3.63, 3.8) is 0 Å². The van der Waals surface area contributed by atoms with Gasteiger partial charge in [0.1, 0.15) is 12.1 Å². The second-order valence-corrected chi connectivity index (χ2v) is 12.9. The molecule has 4 nitrogen and oxygen atoms in total. The van der Waals surface area contributed by atoms with E-state index in [0.717, 1.165) is 49.7 Å². The monoisotopic (exact) mass is 527 g/mol. The summed E-state index contributed by atoms with van der Waals surface area (Å²) < 4.78 is 0. The average Bonchev–Trinajstić information content (AvgIpc) is 3.14. The molecule has 0 saturated heterocycles. The van der Waals surface area contributed by atoms with Gasteiger partial charge in [-0.05, 0) is 92.9 Å². The molecule has 8 unspecified atom stereocenters. The number of hydrogen-bond donors (Lipinski definition) is 3. The highest BCUT2D eigenvalue weighted by Crippen LogP contribution is 2.66. The number of allylic oxidation sites excluding steroid dienone is 3. The van der Waals surface area contributed by atoms with Crippen LogP contribution in [0, 0.1) is 28.6 Å². The van der Waals surface area contributed by atoms with E-state index in [1.54, 1.807) is 0 Å². The number of ketones is 1. The Labute approximate surface area is 229 Å². The summed E-state index contributed by atoms with van der Waals surface area (Å²) >= 11 is 0. The highest BCUT2D eigenvalue weighted by atomic mass is 35.5. The molecular formula is C32H46ClNO3. The van der Waals surface area contributed by atoms with Gasteiger partial charge in [0.15, 0.2) is 5.78 Å².